The van der Waals surface area contributed by atoms with Crippen molar-refractivity contribution in [3.8, 4) is 0 Å². The Hall–Kier alpha value is -2.82. The van der Waals surface area contributed by atoms with Gasteiger partial charge in [-0.25, -0.2) is 9.79 Å². The van der Waals surface area contributed by atoms with Crippen LogP contribution in [0.15, 0.2) is 61.2 Å². The number of halogens is 1. The van der Waals surface area contributed by atoms with Gasteiger partial charge in [-0.15, -0.1) is 11.3 Å². The van der Waals surface area contributed by atoms with Crippen molar-refractivity contribution in [3.63, 3.8) is 0 Å². The normalized spacial score (nSPS) is 18.7. The van der Waals surface area contributed by atoms with Gasteiger partial charge in [-0.1, -0.05) is 33.3 Å². The Labute approximate surface area is 198 Å². The molecule has 10 heteroatoms. The molecule has 5 rings (SSSR count). The Kier molecular flexibility index (Phi) is 5.23. The summed E-state index contributed by atoms with van der Waals surface area (Å²) in [6.07, 6.45) is 0. The maximum Gasteiger partial charge on any atom is 0.338 e. The molecule has 1 amide bonds. The molecule has 1 N–H and O–H groups in total. The van der Waals surface area contributed by atoms with Gasteiger partial charge in [0.2, 0.25) is 0 Å². The van der Waals surface area contributed by atoms with Crippen molar-refractivity contribution in [1.29, 1.82) is 0 Å². The maximum atomic E-state index is 13.7. The number of carbonyl (C=O) groups excluding carboxylic acids is 2. The number of ether oxygens (including phenoxy) is 1. The molecule has 3 aromatic rings. The number of allylic oxidation sites excluding steroid dienone is 1. The third-order valence-corrected chi connectivity index (χ3v) is 7.73. The summed E-state index contributed by atoms with van der Waals surface area (Å²) < 4.78 is 7.87. The van der Waals surface area contributed by atoms with Gasteiger partial charge in [0.15, 0.2) is 4.80 Å². The second-order valence-corrected chi connectivity index (χ2v) is 10.0. The van der Waals surface area contributed by atoms with Crippen LogP contribution in [0.1, 0.15) is 30.3 Å². The number of thiophene rings is 1. The molecule has 2 aliphatic rings. The summed E-state index contributed by atoms with van der Waals surface area (Å²) in [5.41, 5.74) is 2.09. The van der Waals surface area contributed by atoms with Gasteiger partial charge in [0, 0.05) is 20.6 Å². The molecule has 162 valence electrons. The molecule has 4 heterocycles. The molecule has 0 saturated heterocycles. The van der Waals surface area contributed by atoms with Crippen molar-refractivity contribution in [2.45, 2.75) is 19.9 Å². The quantitative estimate of drug-likeness (QED) is 0.528. The predicted molar refractivity (Wildman–Crippen MR) is 126 cm³/mol. The molecule has 2 aromatic heterocycles. The van der Waals surface area contributed by atoms with Crippen LogP contribution < -0.4 is 20.2 Å². The summed E-state index contributed by atoms with van der Waals surface area (Å²) in [5.74, 6) is -0.838. The number of fused-ring (bicyclic) bond motifs is 2. The summed E-state index contributed by atoms with van der Waals surface area (Å²) in [6, 6.07) is 8.52. The van der Waals surface area contributed by atoms with Crippen LogP contribution in [0.2, 0.25) is 0 Å². The SMILES string of the molecule is CCOC(=O)C1=C(C)N=c2s/c(=C3\C(=O)Nc4ccc(Br)cc43)c(=O)n2[C@@H]1c1cccs1. The van der Waals surface area contributed by atoms with Gasteiger partial charge < -0.3 is 10.1 Å². The van der Waals surface area contributed by atoms with Crippen molar-refractivity contribution in [2.75, 3.05) is 11.9 Å². The van der Waals surface area contributed by atoms with Gasteiger partial charge in [0.1, 0.15) is 10.6 Å². The lowest BCUT2D eigenvalue weighted by atomic mass is 10.0. The summed E-state index contributed by atoms with van der Waals surface area (Å²) in [5, 5.41) is 4.71. The number of anilines is 1. The third-order valence-electron chi connectivity index (χ3n) is 5.26. The number of rotatable bonds is 3. The molecule has 0 fully saturated rings. The number of carbonyl (C=O) groups is 2. The number of nitrogens with one attached hydrogen (secondary N) is 1. The fraction of sp³-hybridized carbons (Fsp3) is 0.182. The Bertz CT molecular complexity index is 1500. The number of amides is 1. The summed E-state index contributed by atoms with van der Waals surface area (Å²) in [6.45, 7) is 3.69. The van der Waals surface area contributed by atoms with Gasteiger partial charge in [0.05, 0.1) is 23.5 Å². The molecular weight excluding hydrogens is 514 g/mol. The van der Waals surface area contributed by atoms with E-state index < -0.39 is 12.0 Å². The summed E-state index contributed by atoms with van der Waals surface area (Å²) in [7, 11) is 0. The molecule has 0 radical (unpaired) electrons. The first-order valence-electron chi connectivity index (χ1n) is 9.77. The second kappa shape index (κ2) is 7.95. The molecular formula is C22H16BrN3O4S2. The fourth-order valence-electron chi connectivity index (χ4n) is 3.92. The van der Waals surface area contributed by atoms with E-state index in [0.717, 1.165) is 20.7 Å². The molecule has 1 aromatic carbocycles. The van der Waals surface area contributed by atoms with Crippen molar-refractivity contribution in [3.05, 3.63) is 81.6 Å². The lowest BCUT2D eigenvalue weighted by Crippen LogP contribution is -2.40. The summed E-state index contributed by atoms with van der Waals surface area (Å²) >= 11 is 6.03. The highest BCUT2D eigenvalue weighted by molar-refractivity contribution is 9.10. The van der Waals surface area contributed by atoms with E-state index in [2.05, 4.69) is 26.2 Å². The molecule has 0 bridgehead atoms. The predicted octanol–water partition coefficient (Wildman–Crippen LogP) is 2.94. The highest BCUT2D eigenvalue weighted by atomic mass is 79.9. The second-order valence-electron chi connectivity index (χ2n) is 7.16. The minimum atomic E-state index is -0.661. The molecule has 32 heavy (non-hydrogen) atoms. The average Bonchev–Trinajstić information content (AvgIpc) is 3.45. The number of hydrogen-bond acceptors (Lipinski definition) is 7. The van der Waals surface area contributed by atoms with E-state index >= 15 is 0 Å². The van der Waals surface area contributed by atoms with E-state index in [1.165, 1.54) is 15.9 Å². The van der Waals surface area contributed by atoms with Crippen LogP contribution in [0.3, 0.4) is 0 Å². The van der Waals surface area contributed by atoms with Crippen molar-refractivity contribution in [2.24, 2.45) is 4.99 Å². The van der Waals surface area contributed by atoms with Gasteiger partial charge in [-0.05, 0) is 43.5 Å². The lowest BCUT2D eigenvalue weighted by molar-refractivity contribution is -0.139. The Morgan fingerprint density at radius 2 is 2.12 bits per heavy atom. The van der Waals surface area contributed by atoms with E-state index in [0.29, 0.717) is 32.9 Å². The molecule has 2 aliphatic heterocycles. The molecule has 1 atom stereocenters. The van der Waals surface area contributed by atoms with Crippen LogP contribution in [0.5, 0.6) is 0 Å². The van der Waals surface area contributed by atoms with Crippen LogP contribution in [-0.2, 0) is 14.3 Å². The Balaban J connectivity index is 1.82. The molecule has 0 saturated carbocycles. The van der Waals surface area contributed by atoms with E-state index in [4.69, 9.17) is 4.74 Å². The number of hydrogen-bond donors (Lipinski definition) is 1. The number of nitrogens with zero attached hydrogens (tertiary/aromatic N) is 2. The largest absolute Gasteiger partial charge is 0.463 e. The first-order chi connectivity index (χ1) is 15.4. The highest BCUT2D eigenvalue weighted by Crippen LogP contribution is 2.34. The average molecular weight is 530 g/mol. The zero-order valence-corrected chi connectivity index (χ0v) is 20.2. The van der Waals surface area contributed by atoms with E-state index in [-0.39, 0.29) is 22.6 Å². The van der Waals surface area contributed by atoms with Crippen LogP contribution in [0, 0.1) is 0 Å². The first kappa shape index (κ1) is 21.0. The lowest BCUT2D eigenvalue weighted by Gasteiger charge is -2.23. The number of aromatic nitrogens is 1. The minimum Gasteiger partial charge on any atom is -0.463 e. The van der Waals surface area contributed by atoms with E-state index in [9.17, 15) is 14.4 Å². The van der Waals surface area contributed by atoms with Crippen LogP contribution >= 0.6 is 38.6 Å². The monoisotopic (exact) mass is 529 g/mol. The summed E-state index contributed by atoms with van der Waals surface area (Å²) in [4.78, 5) is 45.2. The Morgan fingerprint density at radius 1 is 1.31 bits per heavy atom. The number of thiazole rings is 1. The van der Waals surface area contributed by atoms with Gasteiger partial charge >= 0.3 is 5.97 Å². The minimum absolute atomic E-state index is 0.215. The van der Waals surface area contributed by atoms with Crippen molar-refractivity contribution < 1.29 is 14.3 Å². The van der Waals surface area contributed by atoms with Gasteiger partial charge in [0.25, 0.3) is 11.5 Å². The van der Waals surface area contributed by atoms with Gasteiger partial charge in [-0.2, -0.15) is 0 Å². The standard InChI is InChI=1S/C22H16BrN3O4S2/c1-3-30-21(29)15-10(2)24-22-26(17(15)14-5-4-8-31-14)20(28)18(32-22)16-12-9-11(23)6-7-13(12)25-19(16)27/h4-9,17H,3H2,1-2H3,(H,25,27)/b18-16-/t17-/m1/s1. The van der Waals surface area contributed by atoms with E-state index in [1.807, 2.05) is 29.6 Å². The zero-order chi connectivity index (χ0) is 22.6. The van der Waals surface area contributed by atoms with Crippen molar-refractivity contribution in [1.82, 2.24) is 4.57 Å². The number of benzene rings is 1. The topological polar surface area (TPSA) is 89.8 Å². The van der Waals surface area contributed by atoms with Crippen LogP contribution in [0.25, 0.3) is 5.57 Å². The molecule has 0 unspecified atom stereocenters. The van der Waals surface area contributed by atoms with Crippen LogP contribution in [-0.4, -0.2) is 23.1 Å². The Morgan fingerprint density at radius 3 is 2.84 bits per heavy atom. The van der Waals surface area contributed by atoms with Crippen molar-refractivity contribution >= 4 is 61.7 Å². The fourth-order valence-corrected chi connectivity index (χ4v) is 6.25. The maximum absolute atomic E-state index is 13.7. The first-order valence-corrected chi connectivity index (χ1v) is 12.3. The highest BCUT2D eigenvalue weighted by Gasteiger charge is 2.35. The zero-order valence-electron chi connectivity index (χ0n) is 17.0. The molecule has 7 nitrogen and oxygen atoms in total. The van der Waals surface area contributed by atoms with E-state index in [1.54, 1.807) is 19.9 Å². The molecule has 0 aliphatic carbocycles. The molecule has 0 spiro atoms. The smallest absolute Gasteiger partial charge is 0.338 e. The third kappa shape index (κ3) is 3.21. The van der Waals surface area contributed by atoms with Crippen LogP contribution in [0.4, 0.5) is 5.69 Å². The van der Waals surface area contributed by atoms with Gasteiger partial charge in [-0.3, -0.25) is 14.2 Å². The number of esters is 1.